The molecule has 0 aliphatic rings. The molecule has 0 aliphatic carbocycles. The van der Waals surface area contributed by atoms with Crippen LogP contribution in [0.1, 0.15) is 10.4 Å². The maximum Gasteiger partial charge on any atom is 0.342 e. The highest BCUT2D eigenvalue weighted by molar-refractivity contribution is 14.1. The molecule has 2 aromatic rings. The van der Waals surface area contributed by atoms with Crippen LogP contribution in [0.5, 0.6) is 0 Å². The summed E-state index contributed by atoms with van der Waals surface area (Å²) in [6.45, 7) is 0. The van der Waals surface area contributed by atoms with E-state index in [4.69, 9.17) is 5.11 Å². The molecule has 1 aromatic carbocycles. The maximum atomic E-state index is 11.9. The molecule has 1 heterocycles. The number of carbonyl (C=O) groups is 1. The number of halogens is 1. The van der Waals surface area contributed by atoms with Crippen molar-refractivity contribution in [2.45, 2.75) is 0 Å². The van der Waals surface area contributed by atoms with Gasteiger partial charge in [-0.15, -0.1) is 0 Å². The third-order valence-electron chi connectivity index (χ3n) is 2.29. The summed E-state index contributed by atoms with van der Waals surface area (Å²) in [6, 6.07) is 6.58. The monoisotopic (exact) mass is 358 g/mol. The Balaban J connectivity index is 2.75. The topological polar surface area (TPSA) is 92.2 Å². The Morgan fingerprint density at radius 3 is 2.39 bits per heavy atom. The number of nitrogens with one attached hydrogen (secondary N) is 1. The molecular weight excluding hydrogens is 351 g/mol. The Morgan fingerprint density at radius 2 is 1.83 bits per heavy atom. The van der Waals surface area contributed by atoms with Gasteiger partial charge in [0.1, 0.15) is 5.56 Å². The molecule has 0 aliphatic heterocycles. The van der Waals surface area contributed by atoms with E-state index in [0.29, 0.717) is 5.69 Å². The minimum atomic E-state index is -1.38. The number of H-pyrrole nitrogens is 1. The first-order valence-electron chi connectivity index (χ1n) is 4.84. The van der Waals surface area contributed by atoms with E-state index < -0.39 is 22.8 Å². The van der Waals surface area contributed by atoms with Gasteiger partial charge in [-0.3, -0.25) is 4.79 Å². The van der Waals surface area contributed by atoms with Crippen LogP contribution >= 0.6 is 22.6 Å². The summed E-state index contributed by atoms with van der Waals surface area (Å²) in [5.41, 5.74) is -1.68. The van der Waals surface area contributed by atoms with Crippen molar-refractivity contribution < 1.29 is 9.90 Å². The molecule has 92 valence electrons. The highest BCUT2D eigenvalue weighted by atomic mass is 127. The van der Waals surface area contributed by atoms with Gasteiger partial charge in [0.2, 0.25) is 0 Å². The summed E-state index contributed by atoms with van der Waals surface area (Å²) in [4.78, 5) is 36.6. The van der Waals surface area contributed by atoms with Crippen LogP contribution in [0.4, 0.5) is 0 Å². The number of carboxylic acid groups (broad SMARTS) is 1. The smallest absolute Gasteiger partial charge is 0.342 e. The number of hydrogen-bond donors (Lipinski definition) is 2. The lowest BCUT2D eigenvalue weighted by atomic mass is 10.3. The highest BCUT2D eigenvalue weighted by Gasteiger charge is 2.14. The number of benzene rings is 1. The van der Waals surface area contributed by atoms with Gasteiger partial charge < -0.3 is 10.1 Å². The maximum absolute atomic E-state index is 11.9. The van der Waals surface area contributed by atoms with Crippen LogP contribution in [0.15, 0.2) is 40.1 Å². The molecule has 0 saturated heterocycles. The number of nitrogens with zero attached hydrogens (tertiary/aromatic N) is 1. The third-order valence-corrected chi connectivity index (χ3v) is 3.01. The van der Waals surface area contributed by atoms with Crippen LogP contribution in [0.2, 0.25) is 0 Å². The zero-order valence-corrected chi connectivity index (χ0v) is 11.0. The predicted octanol–water partition coefficient (Wildman–Crippen LogP) is 0.829. The summed E-state index contributed by atoms with van der Waals surface area (Å²) in [7, 11) is 0. The second-order valence-corrected chi connectivity index (χ2v) is 4.68. The van der Waals surface area contributed by atoms with E-state index in [9.17, 15) is 14.4 Å². The van der Waals surface area contributed by atoms with Crippen LogP contribution in [0.3, 0.4) is 0 Å². The standard InChI is InChI=1S/C11H7IN2O4/c12-6-1-3-7(4-2-6)14-9(15)8(10(16)17)5-13-11(14)18/h1-5H,(H,13,18)(H,16,17). The molecule has 2 N–H and O–H groups in total. The molecule has 0 bridgehead atoms. The van der Waals surface area contributed by atoms with Crippen molar-refractivity contribution in [1.82, 2.24) is 9.55 Å². The summed E-state index contributed by atoms with van der Waals surface area (Å²) >= 11 is 2.08. The van der Waals surface area contributed by atoms with Crippen molar-refractivity contribution in [2.75, 3.05) is 0 Å². The second-order valence-electron chi connectivity index (χ2n) is 3.43. The molecule has 0 amide bonds. The fourth-order valence-corrected chi connectivity index (χ4v) is 1.81. The SMILES string of the molecule is O=C(O)c1c[nH]c(=O)n(-c2ccc(I)cc2)c1=O. The Hall–Kier alpha value is -1.90. The minimum absolute atomic E-state index is 0.324. The Morgan fingerprint density at radius 1 is 1.22 bits per heavy atom. The van der Waals surface area contributed by atoms with E-state index in [1.807, 2.05) is 0 Å². The number of carboxylic acids is 1. The fraction of sp³-hybridized carbons (Fsp3) is 0. The van der Waals surface area contributed by atoms with Crippen molar-refractivity contribution in [2.24, 2.45) is 0 Å². The Kier molecular flexibility index (Phi) is 3.32. The molecule has 0 spiro atoms. The molecule has 0 saturated carbocycles. The molecule has 18 heavy (non-hydrogen) atoms. The van der Waals surface area contributed by atoms with Crippen molar-refractivity contribution in [3.63, 3.8) is 0 Å². The fourth-order valence-electron chi connectivity index (χ4n) is 1.45. The van der Waals surface area contributed by atoms with Gasteiger partial charge in [0.25, 0.3) is 5.56 Å². The molecular formula is C11H7IN2O4. The molecule has 0 atom stereocenters. The Labute approximate surface area is 114 Å². The number of rotatable bonds is 2. The van der Waals surface area contributed by atoms with Gasteiger partial charge in [0, 0.05) is 9.77 Å². The first-order valence-corrected chi connectivity index (χ1v) is 5.92. The van der Waals surface area contributed by atoms with Gasteiger partial charge in [-0.2, -0.15) is 0 Å². The number of aromatic carboxylic acids is 1. The summed E-state index contributed by atoms with van der Waals surface area (Å²) in [5.74, 6) is -1.38. The average Bonchev–Trinajstić information content (AvgIpc) is 2.31. The van der Waals surface area contributed by atoms with Crippen molar-refractivity contribution >= 4 is 28.6 Å². The molecule has 0 fully saturated rings. The molecule has 6 nitrogen and oxygen atoms in total. The van der Waals surface area contributed by atoms with Gasteiger partial charge in [-0.25, -0.2) is 14.2 Å². The zero-order chi connectivity index (χ0) is 13.3. The van der Waals surface area contributed by atoms with Gasteiger partial charge in [0.15, 0.2) is 0 Å². The van der Waals surface area contributed by atoms with Gasteiger partial charge in [-0.1, -0.05) is 0 Å². The molecule has 0 radical (unpaired) electrons. The number of aromatic nitrogens is 2. The number of aromatic amines is 1. The van der Waals surface area contributed by atoms with Gasteiger partial charge in [-0.05, 0) is 46.9 Å². The molecule has 1 aromatic heterocycles. The van der Waals surface area contributed by atoms with Gasteiger partial charge in [0.05, 0.1) is 5.69 Å². The van der Waals surface area contributed by atoms with Crippen molar-refractivity contribution in [3.8, 4) is 5.69 Å². The number of hydrogen-bond acceptors (Lipinski definition) is 3. The van der Waals surface area contributed by atoms with Crippen LogP contribution in [-0.4, -0.2) is 20.6 Å². The van der Waals surface area contributed by atoms with E-state index >= 15 is 0 Å². The first-order chi connectivity index (χ1) is 8.50. The lowest BCUT2D eigenvalue weighted by molar-refractivity contribution is 0.0694. The van der Waals surface area contributed by atoms with Crippen LogP contribution in [-0.2, 0) is 0 Å². The average molecular weight is 358 g/mol. The van der Waals surface area contributed by atoms with E-state index in [-0.39, 0.29) is 0 Å². The normalized spacial score (nSPS) is 10.3. The zero-order valence-electron chi connectivity index (χ0n) is 8.88. The summed E-state index contributed by atoms with van der Waals surface area (Å²) in [6.07, 6.45) is 0.899. The predicted molar refractivity (Wildman–Crippen MR) is 72.3 cm³/mol. The molecule has 2 rings (SSSR count). The lowest BCUT2D eigenvalue weighted by Crippen LogP contribution is -2.36. The molecule has 0 unspecified atom stereocenters. The van der Waals surface area contributed by atoms with Gasteiger partial charge >= 0.3 is 11.7 Å². The van der Waals surface area contributed by atoms with Crippen LogP contribution in [0.25, 0.3) is 5.69 Å². The summed E-state index contributed by atoms with van der Waals surface area (Å²) < 4.78 is 1.73. The Bertz CT molecular complexity index is 715. The first kappa shape index (κ1) is 12.6. The summed E-state index contributed by atoms with van der Waals surface area (Å²) in [5, 5.41) is 8.84. The minimum Gasteiger partial charge on any atom is -0.477 e. The second kappa shape index (κ2) is 4.77. The van der Waals surface area contributed by atoms with E-state index in [1.54, 1.807) is 24.3 Å². The highest BCUT2D eigenvalue weighted by Crippen LogP contribution is 2.08. The third kappa shape index (κ3) is 2.21. The quantitative estimate of drug-likeness (QED) is 0.778. The van der Waals surface area contributed by atoms with Crippen LogP contribution in [0, 0.1) is 3.57 Å². The van der Waals surface area contributed by atoms with Crippen LogP contribution < -0.4 is 11.2 Å². The van der Waals surface area contributed by atoms with E-state index in [2.05, 4.69) is 27.6 Å². The lowest BCUT2D eigenvalue weighted by Gasteiger charge is -2.05. The van der Waals surface area contributed by atoms with E-state index in [0.717, 1.165) is 14.3 Å². The van der Waals surface area contributed by atoms with Crippen molar-refractivity contribution in [3.05, 3.63) is 60.4 Å². The largest absolute Gasteiger partial charge is 0.477 e. The van der Waals surface area contributed by atoms with E-state index in [1.165, 1.54) is 0 Å². The molecule has 7 heteroatoms. The van der Waals surface area contributed by atoms with Crippen molar-refractivity contribution in [1.29, 1.82) is 0 Å².